The third-order valence-corrected chi connectivity index (χ3v) is 5.02. The van der Waals surface area contributed by atoms with Crippen molar-refractivity contribution in [3.8, 4) is 0 Å². The highest BCUT2D eigenvalue weighted by atomic mass is 16.5. The van der Waals surface area contributed by atoms with E-state index in [1.807, 2.05) is 13.8 Å². The van der Waals surface area contributed by atoms with Crippen LogP contribution in [0.3, 0.4) is 0 Å². The van der Waals surface area contributed by atoms with Crippen molar-refractivity contribution in [2.24, 2.45) is 17.1 Å². The Labute approximate surface area is 121 Å². The molecule has 2 aliphatic rings. The minimum absolute atomic E-state index is 0.00551. The Morgan fingerprint density at radius 3 is 2.55 bits per heavy atom. The summed E-state index contributed by atoms with van der Waals surface area (Å²) in [6, 6.07) is 0. The average molecular weight is 278 g/mol. The molecule has 1 aliphatic heterocycles. The molecule has 112 valence electrons. The van der Waals surface area contributed by atoms with Gasteiger partial charge in [-0.3, -0.25) is 4.79 Å². The van der Waals surface area contributed by atoms with E-state index in [2.05, 4.69) is 13.2 Å². The van der Waals surface area contributed by atoms with Gasteiger partial charge in [0.15, 0.2) is 0 Å². The van der Waals surface area contributed by atoms with E-state index in [1.54, 1.807) is 17.1 Å². The maximum atomic E-state index is 12.9. The number of nitrogens with two attached hydrogens (primary N) is 1. The maximum Gasteiger partial charge on any atom is 0.244 e. The van der Waals surface area contributed by atoms with Crippen molar-refractivity contribution in [1.82, 2.24) is 4.90 Å². The van der Waals surface area contributed by atoms with Gasteiger partial charge in [0.25, 0.3) is 0 Å². The van der Waals surface area contributed by atoms with Gasteiger partial charge in [0.1, 0.15) is 5.54 Å². The van der Waals surface area contributed by atoms with E-state index in [1.165, 1.54) is 0 Å². The molecular weight excluding hydrogens is 252 g/mol. The normalized spacial score (nSPS) is 34.5. The van der Waals surface area contributed by atoms with E-state index in [9.17, 15) is 4.79 Å². The Kier molecular flexibility index (Phi) is 4.07. The number of hydrogen-bond donors (Lipinski definition) is 1. The molecule has 1 saturated carbocycles. The van der Waals surface area contributed by atoms with Gasteiger partial charge in [-0.05, 0) is 12.8 Å². The van der Waals surface area contributed by atoms with Crippen molar-refractivity contribution < 1.29 is 9.53 Å². The molecule has 2 fully saturated rings. The van der Waals surface area contributed by atoms with Gasteiger partial charge >= 0.3 is 0 Å². The second-order valence-electron chi connectivity index (χ2n) is 6.42. The van der Waals surface area contributed by atoms with Crippen LogP contribution in [0.25, 0.3) is 0 Å². The van der Waals surface area contributed by atoms with Gasteiger partial charge < -0.3 is 15.4 Å². The fourth-order valence-electron chi connectivity index (χ4n) is 3.82. The van der Waals surface area contributed by atoms with Crippen LogP contribution in [-0.4, -0.2) is 42.1 Å². The molecule has 4 nitrogen and oxygen atoms in total. The Hall–Kier alpha value is -1.13. The minimum atomic E-state index is -0.843. The van der Waals surface area contributed by atoms with Crippen LogP contribution in [0.2, 0.25) is 0 Å². The molecule has 0 bridgehead atoms. The van der Waals surface area contributed by atoms with Crippen molar-refractivity contribution in [2.45, 2.75) is 38.3 Å². The van der Waals surface area contributed by atoms with Crippen LogP contribution in [-0.2, 0) is 9.53 Å². The fraction of sp³-hybridized carbons (Fsp3) is 0.688. The molecule has 0 aromatic rings. The lowest BCUT2D eigenvalue weighted by Crippen LogP contribution is -2.82. The number of rotatable bonds is 5. The van der Waals surface area contributed by atoms with Crippen molar-refractivity contribution in [2.75, 3.05) is 19.7 Å². The first-order chi connectivity index (χ1) is 9.41. The summed E-state index contributed by atoms with van der Waals surface area (Å²) in [5.74, 6) is 0.116. The van der Waals surface area contributed by atoms with E-state index < -0.39 is 5.54 Å². The average Bonchev–Trinajstić information content (AvgIpc) is 2.45. The van der Waals surface area contributed by atoms with E-state index in [0.29, 0.717) is 13.1 Å². The summed E-state index contributed by atoms with van der Waals surface area (Å²) in [6.45, 7) is 13.3. The molecular formula is C16H26N2O2. The molecule has 1 amide bonds. The first kappa shape index (κ1) is 15.3. The van der Waals surface area contributed by atoms with E-state index >= 15 is 0 Å². The molecule has 2 N–H and O–H groups in total. The lowest BCUT2D eigenvalue weighted by molar-refractivity contribution is -0.229. The second kappa shape index (κ2) is 5.34. The molecule has 0 aromatic heterocycles. The molecule has 1 saturated heterocycles. The van der Waals surface area contributed by atoms with E-state index in [-0.39, 0.29) is 23.3 Å². The number of nitrogens with zero attached hydrogens (tertiary/aromatic N) is 1. The minimum Gasteiger partial charge on any atom is -0.377 e. The summed E-state index contributed by atoms with van der Waals surface area (Å²) in [6.07, 6.45) is 5.49. The number of hydrogen-bond acceptors (Lipinski definition) is 3. The summed E-state index contributed by atoms with van der Waals surface area (Å²) >= 11 is 0. The summed E-state index contributed by atoms with van der Waals surface area (Å²) in [5.41, 5.74) is 5.42. The lowest BCUT2D eigenvalue weighted by atomic mass is 9.46. The Balaban J connectivity index is 2.26. The van der Waals surface area contributed by atoms with Crippen LogP contribution < -0.4 is 5.73 Å². The van der Waals surface area contributed by atoms with Crippen molar-refractivity contribution >= 4 is 5.91 Å². The van der Waals surface area contributed by atoms with Crippen LogP contribution in [0, 0.1) is 11.3 Å². The summed E-state index contributed by atoms with van der Waals surface area (Å²) in [4.78, 5) is 14.7. The second-order valence-corrected chi connectivity index (χ2v) is 6.42. The summed E-state index contributed by atoms with van der Waals surface area (Å²) < 4.78 is 5.85. The zero-order valence-corrected chi connectivity index (χ0v) is 12.6. The van der Waals surface area contributed by atoms with Gasteiger partial charge in [-0.2, -0.15) is 0 Å². The molecule has 0 spiro atoms. The van der Waals surface area contributed by atoms with Gasteiger partial charge in [0, 0.05) is 31.0 Å². The standard InChI is InChI=1S/C16H26N2O2/c1-5-9-18(10-6-2)14(19)16(17)12-8-7-11-20-13(12)15(16,3)4/h5-6,12-13H,1-2,7-11,17H2,3-4H3. The van der Waals surface area contributed by atoms with Gasteiger partial charge in [0.05, 0.1) is 6.10 Å². The zero-order valence-electron chi connectivity index (χ0n) is 12.6. The quantitative estimate of drug-likeness (QED) is 0.779. The Morgan fingerprint density at radius 2 is 2.00 bits per heavy atom. The van der Waals surface area contributed by atoms with Crippen LogP contribution in [0.15, 0.2) is 25.3 Å². The predicted octanol–water partition coefficient (Wildman–Crippen LogP) is 1.72. The van der Waals surface area contributed by atoms with Gasteiger partial charge in [-0.25, -0.2) is 0 Å². The highest BCUT2D eigenvalue weighted by molar-refractivity contribution is 5.89. The van der Waals surface area contributed by atoms with Crippen molar-refractivity contribution in [3.63, 3.8) is 0 Å². The topological polar surface area (TPSA) is 55.6 Å². The van der Waals surface area contributed by atoms with E-state index in [4.69, 9.17) is 10.5 Å². The predicted molar refractivity (Wildman–Crippen MR) is 80.1 cm³/mol. The Morgan fingerprint density at radius 1 is 1.40 bits per heavy atom. The fourth-order valence-corrected chi connectivity index (χ4v) is 3.82. The SMILES string of the molecule is C=CCN(CC=C)C(=O)C1(N)C2CCCOC2C1(C)C. The smallest absolute Gasteiger partial charge is 0.244 e. The molecule has 4 heteroatoms. The molecule has 2 rings (SSSR count). The molecule has 3 unspecified atom stereocenters. The molecule has 0 radical (unpaired) electrons. The highest BCUT2D eigenvalue weighted by Crippen LogP contribution is 2.57. The molecule has 1 heterocycles. The number of fused-ring (bicyclic) bond motifs is 1. The van der Waals surface area contributed by atoms with Crippen LogP contribution in [0.5, 0.6) is 0 Å². The third-order valence-electron chi connectivity index (χ3n) is 5.02. The monoisotopic (exact) mass is 278 g/mol. The largest absolute Gasteiger partial charge is 0.377 e. The first-order valence-corrected chi connectivity index (χ1v) is 7.33. The number of amides is 1. The first-order valence-electron chi connectivity index (χ1n) is 7.33. The van der Waals surface area contributed by atoms with Crippen molar-refractivity contribution in [1.29, 1.82) is 0 Å². The van der Waals surface area contributed by atoms with Crippen molar-refractivity contribution in [3.05, 3.63) is 25.3 Å². The lowest BCUT2D eigenvalue weighted by Gasteiger charge is -2.65. The molecule has 1 aliphatic carbocycles. The van der Waals surface area contributed by atoms with Gasteiger partial charge in [-0.1, -0.05) is 26.0 Å². The van der Waals surface area contributed by atoms with E-state index in [0.717, 1.165) is 19.4 Å². The molecule has 20 heavy (non-hydrogen) atoms. The van der Waals surface area contributed by atoms with Crippen LogP contribution >= 0.6 is 0 Å². The zero-order chi connectivity index (χ0) is 15.0. The number of carbonyl (C=O) groups is 1. The van der Waals surface area contributed by atoms with Gasteiger partial charge in [0.2, 0.25) is 5.91 Å². The molecule has 0 aromatic carbocycles. The third kappa shape index (κ3) is 1.93. The maximum absolute atomic E-state index is 12.9. The van der Waals surface area contributed by atoms with Crippen LogP contribution in [0.1, 0.15) is 26.7 Å². The summed E-state index contributed by atoms with van der Waals surface area (Å²) in [5, 5.41) is 0. The van der Waals surface area contributed by atoms with Gasteiger partial charge in [-0.15, -0.1) is 13.2 Å². The molecule has 3 atom stereocenters. The Bertz CT molecular complexity index is 409. The highest BCUT2D eigenvalue weighted by Gasteiger charge is 2.70. The number of carbonyl (C=O) groups excluding carboxylic acids is 1. The van der Waals surface area contributed by atoms with Crippen LogP contribution in [0.4, 0.5) is 0 Å². The summed E-state index contributed by atoms with van der Waals surface area (Å²) in [7, 11) is 0. The number of ether oxygens (including phenoxy) is 1.